The summed E-state index contributed by atoms with van der Waals surface area (Å²) in [7, 11) is 0. The topological polar surface area (TPSA) is 26.3 Å². The minimum absolute atomic E-state index is 0.707. The largest absolute Gasteiger partial charge is 0.785 e. The zero-order valence-electron chi connectivity index (χ0n) is 14.2. The third-order valence-corrected chi connectivity index (χ3v) is 3.98. The van der Waals surface area contributed by atoms with Gasteiger partial charge in [0.05, 0.1) is 0 Å². The maximum Gasteiger partial charge on any atom is -0.0145 e. The van der Waals surface area contributed by atoms with E-state index in [9.17, 15) is 5.21 Å². The highest BCUT2D eigenvalue weighted by Gasteiger charge is 1.94. The molecule has 20 heavy (non-hydrogen) atoms. The van der Waals surface area contributed by atoms with Crippen LogP contribution in [0.4, 0.5) is 0 Å². The van der Waals surface area contributed by atoms with Crippen LogP contribution in [0.15, 0.2) is 0 Å². The molecule has 122 valence electrons. The molecular formula is C18H38NO-. The second kappa shape index (κ2) is 17.0. The smallest absolute Gasteiger partial charge is 0.0145 e. The molecule has 0 spiro atoms. The van der Waals surface area contributed by atoms with E-state index in [2.05, 4.69) is 13.8 Å². The zero-order chi connectivity index (χ0) is 14.9. The van der Waals surface area contributed by atoms with Gasteiger partial charge in [-0.1, -0.05) is 90.9 Å². The van der Waals surface area contributed by atoms with Crippen LogP contribution in [-0.4, -0.2) is 18.2 Å². The van der Waals surface area contributed by atoms with Crippen LogP contribution >= 0.6 is 0 Å². The van der Waals surface area contributed by atoms with E-state index in [1.807, 2.05) is 0 Å². The fourth-order valence-electron chi connectivity index (χ4n) is 2.67. The quantitative estimate of drug-likeness (QED) is 0.246. The monoisotopic (exact) mass is 284 g/mol. The molecule has 0 amide bonds. The number of hydroxylamine groups is 2. The highest BCUT2D eigenvalue weighted by Crippen LogP contribution is 2.12. The van der Waals surface area contributed by atoms with Gasteiger partial charge < -0.3 is 10.3 Å². The third-order valence-electron chi connectivity index (χ3n) is 3.98. The van der Waals surface area contributed by atoms with Gasteiger partial charge in [-0.25, -0.2) is 0 Å². The van der Waals surface area contributed by atoms with E-state index >= 15 is 0 Å². The first-order valence-corrected chi connectivity index (χ1v) is 9.23. The Labute approximate surface area is 127 Å². The molecule has 0 saturated heterocycles. The van der Waals surface area contributed by atoms with Crippen molar-refractivity contribution in [3.63, 3.8) is 0 Å². The molecule has 0 atom stereocenters. The summed E-state index contributed by atoms with van der Waals surface area (Å²) in [6.45, 7) is 5.79. The summed E-state index contributed by atoms with van der Waals surface area (Å²) in [4.78, 5) is 0. The van der Waals surface area contributed by atoms with Crippen LogP contribution in [-0.2, 0) is 0 Å². The number of hydrogen-bond donors (Lipinski definition) is 0. The van der Waals surface area contributed by atoms with E-state index in [4.69, 9.17) is 0 Å². The van der Waals surface area contributed by atoms with E-state index in [0.29, 0.717) is 6.54 Å². The molecule has 0 saturated carbocycles. The molecule has 0 bridgehead atoms. The minimum Gasteiger partial charge on any atom is -0.785 e. The van der Waals surface area contributed by atoms with Crippen LogP contribution in [0.3, 0.4) is 0 Å². The molecule has 0 aliphatic rings. The lowest BCUT2D eigenvalue weighted by Gasteiger charge is -2.27. The standard InChI is InChI=1S/C18H38NO/c1-3-5-6-7-8-9-10-11-12-13-14-15-16-18-19(20)17-4-2/h3-18H2,1-2H3/q-1. The van der Waals surface area contributed by atoms with Crippen LogP contribution in [0.1, 0.15) is 104 Å². The maximum absolute atomic E-state index is 11.3. The van der Waals surface area contributed by atoms with Crippen LogP contribution < -0.4 is 0 Å². The predicted molar refractivity (Wildman–Crippen MR) is 90.9 cm³/mol. The van der Waals surface area contributed by atoms with Gasteiger partial charge in [-0.3, -0.25) is 0 Å². The van der Waals surface area contributed by atoms with Gasteiger partial charge >= 0.3 is 0 Å². The average Bonchev–Trinajstić information content (AvgIpc) is 2.44. The van der Waals surface area contributed by atoms with Crippen molar-refractivity contribution in [3.8, 4) is 0 Å². The van der Waals surface area contributed by atoms with E-state index in [0.717, 1.165) is 19.4 Å². The molecule has 0 aromatic carbocycles. The molecular weight excluding hydrogens is 246 g/mol. The van der Waals surface area contributed by atoms with E-state index < -0.39 is 0 Å². The first kappa shape index (κ1) is 19.9. The molecule has 0 unspecified atom stereocenters. The normalized spacial score (nSPS) is 11.4. The summed E-state index contributed by atoms with van der Waals surface area (Å²) in [5.74, 6) is 0. The molecule has 0 aliphatic carbocycles. The Kier molecular flexibility index (Phi) is 16.9. The Morgan fingerprint density at radius 2 is 0.900 bits per heavy atom. The van der Waals surface area contributed by atoms with Crippen molar-refractivity contribution in [1.29, 1.82) is 0 Å². The van der Waals surface area contributed by atoms with Gasteiger partial charge in [-0.15, -0.1) is 0 Å². The summed E-state index contributed by atoms with van der Waals surface area (Å²) < 4.78 is 0. The summed E-state index contributed by atoms with van der Waals surface area (Å²) in [5.41, 5.74) is 0. The van der Waals surface area contributed by atoms with Crippen LogP contribution in [0.25, 0.3) is 0 Å². The molecule has 0 radical (unpaired) electrons. The number of hydrogen-bond acceptors (Lipinski definition) is 2. The minimum atomic E-state index is 0.707. The Hall–Kier alpha value is -0.0800. The Balaban J connectivity index is 2.99. The van der Waals surface area contributed by atoms with Crippen molar-refractivity contribution in [2.75, 3.05) is 13.1 Å². The molecule has 2 heteroatoms. The second-order valence-corrected chi connectivity index (χ2v) is 6.17. The first-order chi connectivity index (χ1) is 9.81. The molecule has 0 heterocycles. The van der Waals surface area contributed by atoms with Crippen molar-refractivity contribution < 1.29 is 0 Å². The van der Waals surface area contributed by atoms with Crippen molar-refractivity contribution in [1.82, 2.24) is 5.06 Å². The molecule has 0 aromatic rings. The van der Waals surface area contributed by atoms with Gasteiger partial charge in [0.25, 0.3) is 0 Å². The Bertz CT molecular complexity index is 173. The number of unbranched alkanes of at least 4 members (excludes halogenated alkanes) is 12. The SMILES string of the molecule is CCCCCCCCCCCCCCCN([O-])CCC. The maximum atomic E-state index is 11.3. The van der Waals surface area contributed by atoms with Gasteiger partial charge in [0.1, 0.15) is 0 Å². The second-order valence-electron chi connectivity index (χ2n) is 6.17. The summed E-state index contributed by atoms with van der Waals surface area (Å²) in [6, 6.07) is 0. The fraction of sp³-hybridized carbons (Fsp3) is 1.00. The van der Waals surface area contributed by atoms with Crippen LogP contribution in [0, 0.1) is 5.21 Å². The highest BCUT2D eigenvalue weighted by molar-refractivity contribution is 4.56. The average molecular weight is 285 g/mol. The first-order valence-electron chi connectivity index (χ1n) is 9.23. The molecule has 2 nitrogen and oxygen atoms in total. The lowest BCUT2D eigenvalue weighted by molar-refractivity contribution is 0.363. The van der Waals surface area contributed by atoms with E-state index in [1.165, 1.54) is 82.1 Å². The van der Waals surface area contributed by atoms with Gasteiger partial charge in [0.2, 0.25) is 0 Å². The lowest BCUT2D eigenvalue weighted by atomic mass is 10.0. The molecule has 0 aliphatic heterocycles. The number of nitrogens with zero attached hydrogens (tertiary/aromatic N) is 1. The Morgan fingerprint density at radius 1 is 0.500 bits per heavy atom. The van der Waals surface area contributed by atoms with Crippen molar-refractivity contribution in [2.24, 2.45) is 0 Å². The molecule has 0 fully saturated rings. The molecule has 0 rings (SSSR count). The summed E-state index contributed by atoms with van der Waals surface area (Å²) in [5, 5.41) is 12.5. The molecule has 0 N–H and O–H groups in total. The van der Waals surface area contributed by atoms with Crippen LogP contribution in [0.5, 0.6) is 0 Å². The van der Waals surface area contributed by atoms with Crippen molar-refractivity contribution >= 4 is 0 Å². The lowest BCUT2D eigenvalue weighted by Crippen LogP contribution is -2.18. The van der Waals surface area contributed by atoms with Gasteiger partial charge in [0, 0.05) is 0 Å². The van der Waals surface area contributed by atoms with Gasteiger partial charge in [0.15, 0.2) is 0 Å². The van der Waals surface area contributed by atoms with Gasteiger partial charge in [-0.05, 0) is 25.9 Å². The summed E-state index contributed by atoms with van der Waals surface area (Å²) in [6.07, 6.45) is 18.7. The molecule has 0 aromatic heterocycles. The van der Waals surface area contributed by atoms with Gasteiger partial charge in [-0.2, -0.15) is 0 Å². The third kappa shape index (κ3) is 16.0. The zero-order valence-corrected chi connectivity index (χ0v) is 14.2. The van der Waals surface area contributed by atoms with E-state index in [1.54, 1.807) is 0 Å². The van der Waals surface area contributed by atoms with Crippen LogP contribution in [0.2, 0.25) is 0 Å². The van der Waals surface area contributed by atoms with Crippen molar-refractivity contribution in [2.45, 2.75) is 104 Å². The summed E-state index contributed by atoms with van der Waals surface area (Å²) >= 11 is 0. The predicted octanol–water partition coefficient (Wildman–Crippen LogP) is 6.29. The van der Waals surface area contributed by atoms with Crippen molar-refractivity contribution in [3.05, 3.63) is 5.21 Å². The van der Waals surface area contributed by atoms with E-state index in [-0.39, 0.29) is 0 Å². The fourth-order valence-corrected chi connectivity index (χ4v) is 2.67. The number of rotatable bonds is 16. The Morgan fingerprint density at radius 3 is 1.30 bits per heavy atom. The highest BCUT2D eigenvalue weighted by atomic mass is 16.5.